The Bertz CT molecular complexity index is 495. The molecule has 0 fully saturated rings. The molecule has 2 heterocycles. The molecule has 0 saturated carbocycles. The number of halogens is 1. The topological polar surface area (TPSA) is 41.1 Å². The Hall–Kier alpha value is -1.33. The first-order chi connectivity index (χ1) is 7.29. The summed E-state index contributed by atoms with van der Waals surface area (Å²) in [4.78, 5) is 12.5. The highest BCUT2D eigenvalue weighted by atomic mass is 127. The quantitative estimate of drug-likeness (QED) is 0.448. The maximum atomic E-state index is 4.20. The van der Waals surface area contributed by atoms with Crippen LogP contribution in [0.3, 0.4) is 0 Å². The van der Waals surface area contributed by atoms with Crippen molar-refractivity contribution in [2.45, 2.75) is 0 Å². The van der Waals surface area contributed by atoms with E-state index in [0.29, 0.717) is 5.82 Å². The number of allylic oxidation sites excluding steroid dienone is 1. The molecule has 4 nitrogen and oxygen atoms in total. The Kier molecular flexibility index (Phi) is 3.03. The van der Waals surface area contributed by atoms with Gasteiger partial charge in [0.05, 0.1) is 0 Å². The van der Waals surface area contributed by atoms with Crippen molar-refractivity contribution >= 4 is 40.2 Å². The average molecular weight is 311 g/mol. The van der Waals surface area contributed by atoms with Gasteiger partial charge < -0.3 is 0 Å². The van der Waals surface area contributed by atoms with E-state index in [-0.39, 0.29) is 0 Å². The summed E-state index contributed by atoms with van der Waals surface area (Å²) in [6.07, 6.45) is 6.80. The molecule has 0 aliphatic carbocycles. The van der Waals surface area contributed by atoms with Gasteiger partial charge in [-0.2, -0.15) is 0 Å². The molecule has 5 heteroatoms. The van der Waals surface area contributed by atoms with Gasteiger partial charge in [0.25, 0.3) is 3.70 Å². The van der Waals surface area contributed by atoms with E-state index in [1.165, 1.54) is 0 Å². The molecular weight excluding hydrogens is 303 g/mol. The van der Waals surface area contributed by atoms with E-state index in [4.69, 9.17) is 0 Å². The molecule has 0 bridgehead atoms. The van der Waals surface area contributed by atoms with Gasteiger partial charge in [0, 0.05) is 41.2 Å². The fourth-order valence-electron chi connectivity index (χ4n) is 1.11. The first-order valence-corrected chi connectivity index (χ1v) is 5.39. The number of hydrogen-bond donors (Lipinski definition) is 0. The minimum atomic E-state index is 0.676. The van der Waals surface area contributed by atoms with Gasteiger partial charge in [0.2, 0.25) is 0 Å². The third-order valence-corrected chi connectivity index (χ3v) is 3.16. The summed E-state index contributed by atoms with van der Waals surface area (Å²) in [6.45, 7) is 0. The van der Waals surface area contributed by atoms with E-state index < -0.39 is 0 Å². The first kappa shape index (κ1) is 10.2. The molecule has 2 rings (SSSR count). The van der Waals surface area contributed by atoms with Crippen LogP contribution in [0.4, 0.5) is 0 Å². The van der Waals surface area contributed by atoms with E-state index in [9.17, 15) is 0 Å². The molecule has 1 aromatic rings. The maximum absolute atomic E-state index is 4.20. The van der Waals surface area contributed by atoms with E-state index >= 15 is 0 Å². The number of hydrogen-bond acceptors (Lipinski definition) is 3. The predicted molar refractivity (Wildman–Crippen MR) is 67.2 cm³/mol. The molecule has 0 saturated heterocycles. The second-order valence-corrected chi connectivity index (χ2v) is 3.89. The minimum absolute atomic E-state index is 0.676. The van der Waals surface area contributed by atoms with Crippen LogP contribution in [0.2, 0.25) is 0 Å². The van der Waals surface area contributed by atoms with Crippen molar-refractivity contribution in [1.29, 1.82) is 0 Å². The van der Waals surface area contributed by atoms with Gasteiger partial charge in [-0.05, 0) is 6.07 Å². The van der Waals surface area contributed by atoms with Crippen molar-refractivity contribution in [1.82, 2.24) is 9.97 Å². The lowest BCUT2D eigenvalue weighted by Gasteiger charge is -1.98. The number of rotatable bonds is 1. The molecule has 0 spiro atoms. The Morgan fingerprint density at radius 3 is 2.80 bits per heavy atom. The smallest absolute Gasteiger partial charge is 0.249 e. The molecule has 15 heavy (non-hydrogen) atoms. The van der Waals surface area contributed by atoms with Crippen molar-refractivity contribution in [2.24, 2.45) is 4.99 Å². The molecule has 0 amide bonds. The predicted octanol–water partition coefficient (Wildman–Crippen LogP) is 1.49. The molecule has 1 aromatic heterocycles. The van der Waals surface area contributed by atoms with Crippen LogP contribution < -0.4 is 0 Å². The average Bonchev–Trinajstić information content (AvgIpc) is 2.44. The third kappa shape index (κ3) is 2.19. The van der Waals surface area contributed by atoms with E-state index in [1.807, 2.05) is 11.6 Å². The molecule has 0 N–H and O–H groups in total. The lowest BCUT2D eigenvalue weighted by Crippen LogP contribution is -2.03. The van der Waals surface area contributed by atoms with Crippen LogP contribution in [0.15, 0.2) is 33.4 Å². The van der Waals surface area contributed by atoms with Crippen LogP contribution >= 0.6 is 22.6 Å². The van der Waals surface area contributed by atoms with Crippen molar-refractivity contribution in [2.75, 3.05) is 7.05 Å². The van der Waals surface area contributed by atoms with Crippen LogP contribution in [0.5, 0.6) is 0 Å². The van der Waals surface area contributed by atoms with Crippen LogP contribution in [0.25, 0.3) is 5.57 Å². The summed E-state index contributed by atoms with van der Waals surface area (Å²) in [6, 6.07) is 1.79. The van der Waals surface area contributed by atoms with Crippen LogP contribution in [-0.2, 0) is 0 Å². The van der Waals surface area contributed by atoms with Gasteiger partial charge >= 0.3 is 0 Å². The molecule has 0 atom stereocenters. The zero-order chi connectivity index (χ0) is 10.7. The van der Waals surface area contributed by atoms with E-state index in [1.54, 1.807) is 30.9 Å². The maximum Gasteiger partial charge on any atom is 0.262 e. The van der Waals surface area contributed by atoms with Gasteiger partial charge in [-0.3, -0.25) is 0 Å². The highest BCUT2D eigenvalue weighted by Gasteiger charge is 2.16. The van der Waals surface area contributed by atoms with Gasteiger partial charge in [0.15, 0.2) is 11.7 Å². The number of nitrogens with zero attached hydrogens (tertiary/aromatic N) is 4. The van der Waals surface area contributed by atoms with Gasteiger partial charge in [-0.15, -0.1) is 4.58 Å². The fourth-order valence-corrected chi connectivity index (χ4v) is 1.63. The Labute approximate surface area is 101 Å². The largest absolute Gasteiger partial charge is 0.262 e. The third-order valence-electron chi connectivity index (χ3n) is 1.85. The molecule has 74 valence electrons. The van der Waals surface area contributed by atoms with Crippen LogP contribution in [-0.4, -0.2) is 33.7 Å². The first-order valence-electron chi connectivity index (χ1n) is 4.31. The summed E-state index contributed by atoms with van der Waals surface area (Å²) in [5.74, 6) is 3.66. The van der Waals surface area contributed by atoms with Gasteiger partial charge in [0.1, 0.15) is 18.8 Å². The van der Waals surface area contributed by atoms with Crippen LogP contribution in [0, 0.1) is 0 Å². The summed E-state index contributed by atoms with van der Waals surface area (Å²) in [5.41, 5.74) is 0.903. The SMILES string of the molecule is C[N+]1=C=CN=CC(c2ncccn2)=C1I. The molecule has 1 aliphatic heterocycles. The number of aliphatic imine (C=N–C) groups is 1. The Balaban J connectivity index is 2.56. The zero-order valence-electron chi connectivity index (χ0n) is 8.05. The summed E-state index contributed by atoms with van der Waals surface area (Å²) in [7, 11) is 1.91. The van der Waals surface area contributed by atoms with Crippen molar-refractivity contribution in [3.05, 3.63) is 34.2 Å². The number of aromatic nitrogens is 2. The zero-order valence-corrected chi connectivity index (χ0v) is 10.2. The lowest BCUT2D eigenvalue weighted by molar-refractivity contribution is -0.416. The summed E-state index contributed by atoms with van der Waals surface area (Å²) < 4.78 is 2.86. The van der Waals surface area contributed by atoms with Crippen molar-refractivity contribution in [3.8, 4) is 0 Å². The molecule has 0 aromatic carbocycles. The lowest BCUT2D eigenvalue weighted by atomic mass is 10.3. The van der Waals surface area contributed by atoms with E-state index in [0.717, 1.165) is 9.28 Å². The Morgan fingerprint density at radius 1 is 1.33 bits per heavy atom. The second-order valence-electron chi connectivity index (χ2n) is 2.87. The standard InChI is InChI=1S/C10H8IN4/c1-15-6-5-12-7-8(9(15)11)10-13-3-2-4-14-10/h2-5,7H,1H3/q+1. The molecular formula is C10H8IN4+. The second kappa shape index (κ2) is 4.46. The monoisotopic (exact) mass is 311 g/mol. The van der Waals surface area contributed by atoms with Gasteiger partial charge in [-0.25, -0.2) is 15.0 Å². The minimum Gasteiger partial charge on any atom is -0.249 e. The van der Waals surface area contributed by atoms with Crippen LogP contribution in [0.1, 0.15) is 5.82 Å². The summed E-state index contributed by atoms with van der Waals surface area (Å²) >= 11 is 2.22. The highest BCUT2D eigenvalue weighted by Crippen LogP contribution is 2.19. The molecule has 1 aliphatic rings. The fraction of sp³-hybridized carbons (Fsp3) is 0.100. The molecule has 0 unspecified atom stereocenters. The Morgan fingerprint density at radius 2 is 2.07 bits per heavy atom. The van der Waals surface area contributed by atoms with Gasteiger partial charge in [-0.1, -0.05) is 0 Å². The van der Waals surface area contributed by atoms with E-state index in [2.05, 4.69) is 43.4 Å². The molecule has 0 radical (unpaired) electrons. The van der Waals surface area contributed by atoms with Crippen molar-refractivity contribution in [3.63, 3.8) is 0 Å². The summed E-state index contributed by atoms with van der Waals surface area (Å²) in [5, 5.41) is 0. The normalized spacial score (nSPS) is 15.2. The highest BCUT2D eigenvalue weighted by molar-refractivity contribution is 14.1. The van der Waals surface area contributed by atoms with Crippen molar-refractivity contribution < 1.29 is 4.58 Å².